The quantitative estimate of drug-likeness (QED) is 0.488. The van der Waals surface area contributed by atoms with Gasteiger partial charge in [-0.25, -0.2) is 9.97 Å². The first-order chi connectivity index (χ1) is 12.9. The average molecular weight is 381 g/mol. The first-order valence-corrected chi connectivity index (χ1v) is 8.61. The monoisotopic (exact) mass is 380 g/mol. The summed E-state index contributed by atoms with van der Waals surface area (Å²) in [6.45, 7) is 3.77. The van der Waals surface area contributed by atoms with E-state index in [1.54, 1.807) is 12.1 Å². The molecule has 0 saturated carbocycles. The number of benzene rings is 1. The van der Waals surface area contributed by atoms with Crippen LogP contribution in [-0.4, -0.2) is 19.7 Å². The van der Waals surface area contributed by atoms with Crippen molar-refractivity contribution in [1.29, 1.82) is 0 Å². The third-order valence-corrected chi connectivity index (χ3v) is 4.64. The fourth-order valence-corrected chi connectivity index (χ4v) is 2.99. The molecule has 0 fully saturated rings. The molecule has 3 heterocycles. The molecule has 0 unspecified atom stereocenters. The van der Waals surface area contributed by atoms with Crippen molar-refractivity contribution in [3.8, 4) is 16.9 Å². The van der Waals surface area contributed by atoms with Gasteiger partial charge in [0.05, 0.1) is 5.69 Å². The number of nitrogens with zero attached hydrogens (tertiary/aromatic N) is 4. The van der Waals surface area contributed by atoms with Crippen LogP contribution in [0.2, 0.25) is 5.02 Å². The molecule has 0 spiro atoms. The standard InChI is InChI=1S/C20H14ClFN4O/c1-11-9-16-18(13-3-5-14(21)6-4-13)25-26(15-7-8-23-17(22)10-15)20(27)19(16)24-12(11)2/h3-10H,1-2H3. The lowest BCUT2D eigenvalue weighted by Gasteiger charge is -2.12. The van der Waals surface area contributed by atoms with Crippen molar-refractivity contribution in [3.63, 3.8) is 0 Å². The van der Waals surface area contributed by atoms with E-state index in [1.165, 1.54) is 12.3 Å². The Hall–Kier alpha value is -3.12. The van der Waals surface area contributed by atoms with Crippen LogP contribution in [0.1, 0.15) is 11.3 Å². The number of aryl methyl sites for hydroxylation is 2. The molecule has 3 aromatic heterocycles. The molecule has 0 aliphatic carbocycles. The van der Waals surface area contributed by atoms with E-state index in [4.69, 9.17) is 11.6 Å². The summed E-state index contributed by atoms with van der Waals surface area (Å²) >= 11 is 6.00. The van der Waals surface area contributed by atoms with Crippen LogP contribution >= 0.6 is 11.6 Å². The van der Waals surface area contributed by atoms with E-state index < -0.39 is 11.5 Å². The SMILES string of the molecule is Cc1cc2c(-c3ccc(Cl)cc3)nn(-c3ccnc(F)c3)c(=O)c2nc1C. The summed E-state index contributed by atoms with van der Waals surface area (Å²) in [5.74, 6) is -0.692. The van der Waals surface area contributed by atoms with Gasteiger partial charge < -0.3 is 0 Å². The van der Waals surface area contributed by atoms with E-state index >= 15 is 0 Å². The van der Waals surface area contributed by atoms with E-state index in [2.05, 4.69) is 15.1 Å². The Kier molecular flexibility index (Phi) is 4.20. The number of halogens is 2. The lowest BCUT2D eigenvalue weighted by atomic mass is 10.1. The molecule has 0 amide bonds. The summed E-state index contributed by atoms with van der Waals surface area (Å²) in [7, 11) is 0. The van der Waals surface area contributed by atoms with Crippen LogP contribution in [0.25, 0.3) is 27.8 Å². The Bertz CT molecular complexity index is 1240. The second-order valence-corrected chi connectivity index (χ2v) is 6.63. The molecular formula is C20H14ClFN4O. The third kappa shape index (κ3) is 3.08. The first kappa shape index (κ1) is 17.3. The Morgan fingerprint density at radius 1 is 1.07 bits per heavy atom. The second-order valence-electron chi connectivity index (χ2n) is 6.20. The number of fused-ring (bicyclic) bond motifs is 1. The predicted octanol–water partition coefficient (Wildman–Crippen LogP) is 4.25. The highest BCUT2D eigenvalue weighted by molar-refractivity contribution is 6.30. The molecule has 1 aromatic carbocycles. The van der Waals surface area contributed by atoms with Gasteiger partial charge in [0.2, 0.25) is 5.95 Å². The van der Waals surface area contributed by atoms with Gasteiger partial charge in [0.15, 0.2) is 0 Å². The van der Waals surface area contributed by atoms with Crippen LogP contribution in [-0.2, 0) is 0 Å². The second kappa shape index (κ2) is 6.55. The van der Waals surface area contributed by atoms with E-state index in [0.717, 1.165) is 27.6 Å². The largest absolute Gasteiger partial charge is 0.298 e. The van der Waals surface area contributed by atoms with Crippen LogP contribution in [0.4, 0.5) is 4.39 Å². The van der Waals surface area contributed by atoms with Crippen LogP contribution in [0.15, 0.2) is 53.5 Å². The van der Waals surface area contributed by atoms with Crippen molar-refractivity contribution in [2.45, 2.75) is 13.8 Å². The fraction of sp³-hybridized carbons (Fsp3) is 0.100. The van der Waals surface area contributed by atoms with E-state index in [9.17, 15) is 9.18 Å². The third-order valence-electron chi connectivity index (χ3n) is 4.39. The molecular weight excluding hydrogens is 367 g/mol. The molecule has 4 aromatic rings. The van der Waals surface area contributed by atoms with Gasteiger partial charge in [-0.1, -0.05) is 23.7 Å². The van der Waals surface area contributed by atoms with Gasteiger partial charge in [0.1, 0.15) is 11.2 Å². The summed E-state index contributed by atoms with van der Waals surface area (Å²) in [6.07, 6.45) is 1.29. The van der Waals surface area contributed by atoms with E-state index in [0.29, 0.717) is 16.1 Å². The maximum Gasteiger partial charge on any atom is 0.298 e. The van der Waals surface area contributed by atoms with Gasteiger partial charge in [-0.3, -0.25) is 4.79 Å². The Morgan fingerprint density at radius 2 is 1.81 bits per heavy atom. The van der Waals surface area contributed by atoms with Gasteiger partial charge in [-0.15, -0.1) is 0 Å². The van der Waals surface area contributed by atoms with E-state index in [-0.39, 0.29) is 11.2 Å². The number of hydrogen-bond acceptors (Lipinski definition) is 4. The molecule has 0 radical (unpaired) electrons. The Morgan fingerprint density at radius 3 is 2.52 bits per heavy atom. The van der Waals surface area contributed by atoms with Crippen molar-refractivity contribution in [1.82, 2.24) is 19.7 Å². The molecule has 0 saturated heterocycles. The Labute approximate surface area is 159 Å². The smallest absolute Gasteiger partial charge is 0.265 e. The lowest BCUT2D eigenvalue weighted by molar-refractivity contribution is 0.581. The van der Waals surface area contributed by atoms with Gasteiger partial charge >= 0.3 is 0 Å². The highest BCUT2D eigenvalue weighted by Gasteiger charge is 2.16. The van der Waals surface area contributed by atoms with Gasteiger partial charge in [-0.05, 0) is 43.7 Å². The summed E-state index contributed by atoms with van der Waals surface area (Å²) in [4.78, 5) is 21.0. The van der Waals surface area contributed by atoms with Crippen LogP contribution in [0, 0.1) is 19.8 Å². The van der Waals surface area contributed by atoms with Crippen molar-refractivity contribution < 1.29 is 4.39 Å². The number of hydrogen-bond donors (Lipinski definition) is 0. The number of pyridine rings is 2. The first-order valence-electron chi connectivity index (χ1n) is 8.23. The van der Waals surface area contributed by atoms with E-state index in [1.807, 2.05) is 32.0 Å². The summed E-state index contributed by atoms with van der Waals surface area (Å²) < 4.78 is 14.8. The maximum atomic E-state index is 13.6. The molecule has 7 heteroatoms. The number of aromatic nitrogens is 4. The van der Waals surface area contributed by atoms with Crippen LogP contribution in [0.3, 0.4) is 0 Å². The zero-order chi connectivity index (χ0) is 19.1. The van der Waals surface area contributed by atoms with Gasteiger partial charge in [0, 0.05) is 33.9 Å². The summed E-state index contributed by atoms with van der Waals surface area (Å²) in [6, 6.07) is 11.7. The fourth-order valence-electron chi connectivity index (χ4n) is 2.87. The molecule has 0 N–H and O–H groups in total. The molecule has 0 atom stereocenters. The van der Waals surface area contributed by atoms with Crippen molar-refractivity contribution >= 4 is 22.5 Å². The minimum atomic E-state index is -0.692. The predicted molar refractivity (Wildman–Crippen MR) is 103 cm³/mol. The molecule has 0 aliphatic rings. The van der Waals surface area contributed by atoms with Crippen LogP contribution < -0.4 is 5.56 Å². The Balaban J connectivity index is 2.11. The minimum Gasteiger partial charge on any atom is -0.265 e. The van der Waals surface area contributed by atoms with Crippen molar-refractivity contribution in [2.24, 2.45) is 0 Å². The highest BCUT2D eigenvalue weighted by atomic mass is 35.5. The zero-order valence-electron chi connectivity index (χ0n) is 14.6. The van der Waals surface area contributed by atoms with Crippen molar-refractivity contribution in [3.05, 3.63) is 81.2 Å². The molecule has 27 heavy (non-hydrogen) atoms. The average Bonchev–Trinajstić information content (AvgIpc) is 2.65. The summed E-state index contributed by atoms with van der Waals surface area (Å²) in [5, 5.41) is 5.74. The lowest BCUT2D eigenvalue weighted by Crippen LogP contribution is -2.23. The summed E-state index contributed by atoms with van der Waals surface area (Å²) in [5.41, 5.74) is 3.18. The highest BCUT2D eigenvalue weighted by Crippen LogP contribution is 2.27. The van der Waals surface area contributed by atoms with Crippen LogP contribution in [0.5, 0.6) is 0 Å². The molecule has 0 bridgehead atoms. The molecule has 4 rings (SSSR count). The topological polar surface area (TPSA) is 60.7 Å². The molecule has 0 aliphatic heterocycles. The number of rotatable bonds is 2. The normalized spacial score (nSPS) is 11.1. The van der Waals surface area contributed by atoms with Gasteiger partial charge in [-0.2, -0.15) is 14.2 Å². The van der Waals surface area contributed by atoms with Crippen molar-refractivity contribution in [2.75, 3.05) is 0 Å². The molecule has 134 valence electrons. The minimum absolute atomic E-state index is 0.273. The zero-order valence-corrected chi connectivity index (χ0v) is 15.3. The maximum absolute atomic E-state index is 13.6. The molecule has 5 nitrogen and oxygen atoms in total. The van der Waals surface area contributed by atoms with Gasteiger partial charge in [0.25, 0.3) is 5.56 Å².